The molecule has 0 saturated heterocycles. The Morgan fingerprint density at radius 1 is 1.16 bits per heavy atom. The van der Waals surface area contributed by atoms with Gasteiger partial charge in [0.1, 0.15) is 0 Å². The first-order valence-corrected chi connectivity index (χ1v) is 6.53. The van der Waals surface area contributed by atoms with Gasteiger partial charge in [-0.1, -0.05) is 12.1 Å². The molecule has 0 bridgehead atoms. The summed E-state index contributed by atoms with van der Waals surface area (Å²) in [5.74, 6) is 0.0459. The highest BCUT2D eigenvalue weighted by atomic mass is 16.1. The van der Waals surface area contributed by atoms with E-state index in [1.165, 1.54) is 11.1 Å². The third-order valence-electron chi connectivity index (χ3n) is 3.49. The molecule has 1 N–H and O–H groups in total. The first kappa shape index (κ1) is 12.1. The predicted molar refractivity (Wildman–Crippen MR) is 74.3 cm³/mol. The average Bonchev–Trinajstić information content (AvgIpc) is 2.46. The number of carbonyl (C=O) groups excluding carboxylic acids is 1. The summed E-state index contributed by atoms with van der Waals surface area (Å²) in [4.78, 5) is 16.5. The number of rotatable bonds is 2. The molecule has 0 atom stereocenters. The Bertz CT molecular complexity index is 634. The van der Waals surface area contributed by atoms with E-state index >= 15 is 0 Å². The van der Waals surface area contributed by atoms with Crippen LogP contribution in [0, 0.1) is 6.92 Å². The zero-order valence-corrected chi connectivity index (χ0v) is 10.9. The fourth-order valence-corrected chi connectivity index (χ4v) is 2.47. The van der Waals surface area contributed by atoms with Crippen molar-refractivity contribution in [3.05, 3.63) is 64.5 Å². The van der Waals surface area contributed by atoms with E-state index in [0.717, 1.165) is 30.6 Å². The Kier molecular flexibility index (Phi) is 3.13. The lowest BCUT2D eigenvalue weighted by Crippen LogP contribution is -2.23. The molecule has 0 saturated carbocycles. The van der Waals surface area contributed by atoms with E-state index in [-0.39, 0.29) is 5.78 Å². The normalized spacial score (nSPS) is 13.9. The molecule has 19 heavy (non-hydrogen) atoms. The number of aromatic nitrogens is 1. The topological polar surface area (TPSA) is 42.0 Å². The van der Waals surface area contributed by atoms with E-state index in [0.29, 0.717) is 5.56 Å². The fourth-order valence-electron chi connectivity index (χ4n) is 2.47. The summed E-state index contributed by atoms with van der Waals surface area (Å²) in [5.41, 5.74) is 4.99. The number of benzene rings is 1. The highest BCUT2D eigenvalue weighted by molar-refractivity contribution is 6.09. The summed E-state index contributed by atoms with van der Waals surface area (Å²) in [7, 11) is 0. The second-order valence-corrected chi connectivity index (χ2v) is 4.99. The molecule has 0 radical (unpaired) electrons. The van der Waals surface area contributed by atoms with Crippen LogP contribution >= 0.6 is 0 Å². The SMILES string of the molecule is Cc1cncc(C(=O)c2ccc3c(c2)CNCC3)c1. The van der Waals surface area contributed by atoms with Crippen molar-refractivity contribution in [3.8, 4) is 0 Å². The maximum absolute atomic E-state index is 12.4. The number of hydrogen-bond acceptors (Lipinski definition) is 3. The second kappa shape index (κ2) is 4.94. The van der Waals surface area contributed by atoms with Crippen molar-refractivity contribution >= 4 is 5.78 Å². The van der Waals surface area contributed by atoms with Crippen LogP contribution in [0.2, 0.25) is 0 Å². The molecule has 96 valence electrons. The molecule has 2 aromatic rings. The first-order valence-electron chi connectivity index (χ1n) is 6.53. The number of hydrogen-bond donors (Lipinski definition) is 1. The lowest BCUT2D eigenvalue weighted by Gasteiger charge is -2.17. The van der Waals surface area contributed by atoms with Gasteiger partial charge in [0.2, 0.25) is 0 Å². The van der Waals surface area contributed by atoms with Gasteiger partial charge in [-0.15, -0.1) is 0 Å². The van der Waals surface area contributed by atoms with Crippen molar-refractivity contribution in [2.24, 2.45) is 0 Å². The van der Waals surface area contributed by atoms with E-state index in [2.05, 4.69) is 16.4 Å². The summed E-state index contributed by atoms with van der Waals surface area (Å²) in [5, 5.41) is 3.33. The van der Waals surface area contributed by atoms with Crippen molar-refractivity contribution in [1.82, 2.24) is 10.3 Å². The zero-order chi connectivity index (χ0) is 13.2. The molecule has 2 heterocycles. The van der Waals surface area contributed by atoms with Crippen molar-refractivity contribution in [1.29, 1.82) is 0 Å². The molecule has 1 aliphatic heterocycles. The molecule has 1 aromatic heterocycles. The molecule has 3 nitrogen and oxygen atoms in total. The third kappa shape index (κ3) is 2.42. The highest BCUT2D eigenvalue weighted by Gasteiger charge is 2.14. The Labute approximate surface area is 112 Å². The van der Waals surface area contributed by atoms with Gasteiger partial charge in [-0.05, 0) is 48.7 Å². The quantitative estimate of drug-likeness (QED) is 0.834. The Morgan fingerprint density at radius 3 is 2.89 bits per heavy atom. The minimum absolute atomic E-state index is 0.0459. The minimum Gasteiger partial charge on any atom is -0.312 e. The molecule has 3 rings (SSSR count). The van der Waals surface area contributed by atoms with Crippen LogP contribution in [0.15, 0.2) is 36.7 Å². The van der Waals surface area contributed by atoms with Crippen LogP contribution < -0.4 is 5.32 Å². The number of nitrogens with one attached hydrogen (secondary N) is 1. The Hall–Kier alpha value is -2.00. The zero-order valence-electron chi connectivity index (χ0n) is 10.9. The highest BCUT2D eigenvalue weighted by Crippen LogP contribution is 2.18. The number of aryl methyl sites for hydroxylation is 1. The molecule has 0 unspecified atom stereocenters. The van der Waals surface area contributed by atoms with Crippen LogP contribution in [0.3, 0.4) is 0 Å². The summed E-state index contributed by atoms with van der Waals surface area (Å²) in [6, 6.07) is 7.89. The number of fused-ring (bicyclic) bond motifs is 1. The van der Waals surface area contributed by atoms with E-state index < -0.39 is 0 Å². The van der Waals surface area contributed by atoms with Gasteiger partial charge in [-0.3, -0.25) is 9.78 Å². The van der Waals surface area contributed by atoms with Crippen molar-refractivity contribution in [2.75, 3.05) is 6.54 Å². The predicted octanol–water partition coefficient (Wildman–Crippen LogP) is 2.27. The number of carbonyl (C=O) groups is 1. The lowest BCUT2D eigenvalue weighted by molar-refractivity contribution is 0.103. The Balaban J connectivity index is 1.96. The van der Waals surface area contributed by atoms with Crippen LogP contribution in [0.5, 0.6) is 0 Å². The van der Waals surface area contributed by atoms with Gasteiger partial charge in [0.05, 0.1) is 0 Å². The monoisotopic (exact) mass is 252 g/mol. The van der Waals surface area contributed by atoms with Crippen LogP contribution in [0.25, 0.3) is 0 Å². The largest absolute Gasteiger partial charge is 0.312 e. The molecular weight excluding hydrogens is 236 g/mol. The maximum Gasteiger partial charge on any atom is 0.194 e. The average molecular weight is 252 g/mol. The fraction of sp³-hybridized carbons (Fsp3) is 0.250. The minimum atomic E-state index is 0.0459. The van der Waals surface area contributed by atoms with Crippen LogP contribution in [-0.4, -0.2) is 17.3 Å². The second-order valence-electron chi connectivity index (χ2n) is 4.99. The van der Waals surface area contributed by atoms with Crippen molar-refractivity contribution in [2.45, 2.75) is 19.9 Å². The molecule has 0 aliphatic carbocycles. The van der Waals surface area contributed by atoms with Gasteiger partial charge in [-0.25, -0.2) is 0 Å². The molecule has 0 amide bonds. The molecule has 0 fully saturated rings. The van der Waals surface area contributed by atoms with Gasteiger partial charge in [0.15, 0.2) is 5.78 Å². The van der Waals surface area contributed by atoms with Crippen LogP contribution in [-0.2, 0) is 13.0 Å². The van der Waals surface area contributed by atoms with Gasteiger partial charge in [0.25, 0.3) is 0 Å². The smallest absolute Gasteiger partial charge is 0.194 e. The summed E-state index contributed by atoms with van der Waals surface area (Å²) < 4.78 is 0. The third-order valence-corrected chi connectivity index (χ3v) is 3.49. The van der Waals surface area contributed by atoms with E-state index in [1.807, 2.05) is 25.1 Å². The maximum atomic E-state index is 12.4. The van der Waals surface area contributed by atoms with Crippen molar-refractivity contribution < 1.29 is 4.79 Å². The summed E-state index contributed by atoms with van der Waals surface area (Å²) in [6.45, 7) is 3.81. The summed E-state index contributed by atoms with van der Waals surface area (Å²) in [6.07, 6.45) is 4.43. The lowest BCUT2D eigenvalue weighted by atomic mass is 9.95. The Morgan fingerprint density at radius 2 is 2.05 bits per heavy atom. The van der Waals surface area contributed by atoms with Crippen molar-refractivity contribution in [3.63, 3.8) is 0 Å². The standard InChI is InChI=1S/C16H16N2O/c1-11-6-15(10-18-8-11)16(19)13-3-2-12-4-5-17-9-14(12)7-13/h2-3,6-8,10,17H,4-5,9H2,1H3. The van der Waals surface area contributed by atoms with Crippen LogP contribution in [0.1, 0.15) is 32.6 Å². The summed E-state index contributed by atoms with van der Waals surface area (Å²) >= 11 is 0. The van der Waals surface area contributed by atoms with E-state index in [4.69, 9.17) is 0 Å². The van der Waals surface area contributed by atoms with Gasteiger partial charge < -0.3 is 5.32 Å². The van der Waals surface area contributed by atoms with Gasteiger partial charge in [0, 0.05) is 30.1 Å². The number of ketones is 1. The number of nitrogens with zero attached hydrogens (tertiary/aromatic N) is 1. The molecule has 3 heteroatoms. The van der Waals surface area contributed by atoms with Gasteiger partial charge in [-0.2, -0.15) is 0 Å². The van der Waals surface area contributed by atoms with E-state index in [9.17, 15) is 4.79 Å². The molecule has 0 spiro atoms. The van der Waals surface area contributed by atoms with E-state index in [1.54, 1.807) is 12.4 Å². The molecule has 1 aliphatic rings. The first-order chi connectivity index (χ1) is 9.24. The van der Waals surface area contributed by atoms with Crippen LogP contribution in [0.4, 0.5) is 0 Å². The molecule has 1 aromatic carbocycles. The molecular formula is C16H16N2O. The number of pyridine rings is 1. The van der Waals surface area contributed by atoms with Gasteiger partial charge >= 0.3 is 0 Å².